The number of carbonyl (C=O) groups is 1. The van der Waals surface area contributed by atoms with Gasteiger partial charge >= 0.3 is 5.97 Å². The molecule has 1 N–H and O–H groups in total. The summed E-state index contributed by atoms with van der Waals surface area (Å²) in [7, 11) is 0. The third-order valence-corrected chi connectivity index (χ3v) is 2.27. The Morgan fingerprint density at radius 2 is 2.06 bits per heavy atom. The molecule has 0 amide bonds. The molecule has 5 nitrogen and oxygen atoms in total. The van der Waals surface area contributed by atoms with Crippen molar-refractivity contribution in [3.05, 3.63) is 18.0 Å². The minimum absolute atomic E-state index is 0.0561. The van der Waals surface area contributed by atoms with Gasteiger partial charge in [0.25, 0.3) is 0 Å². The lowest BCUT2D eigenvalue weighted by molar-refractivity contribution is 0.0684. The van der Waals surface area contributed by atoms with E-state index < -0.39 is 5.97 Å². The smallest absolute Gasteiger partial charge is 0.343 e. The number of hydrogen-bond acceptors (Lipinski definition) is 4. The summed E-state index contributed by atoms with van der Waals surface area (Å²) in [5.74, 6) is -0.512. The number of rotatable bonds is 5. The van der Waals surface area contributed by atoms with Gasteiger partial charge in [-0.2, -0.15) is 0 Å². The molecule has 1 aliphatic carbocycles. The van der Waals surface area contributed by atoms with Crippen molar-refractivity contribution in [3.63, 3.8) is 0 Å². The van der Waals surface area contributed by atoms with Crippen LogP contribution in [0.5, 0.6) is 11.5 Å². The van der Waals surface area contributed by atoms with Crippen LogP contribution in [-0.2, 0) is 0 Å². The zero-order chi connectivity index (χ0) is 12.4. The molecular weight excluding hydrogens is 222 g/mol. The number of nitrogens with zero attached hydrogens (tertiary/aromatic N) is 1. The van der Waals surface area contributed by atoms with Gasteiger partial charge in [-0.25, -0.2) is 4.79 Å². The first kappa shape index (κ1) is 11.7. The molecule has 1 aliphatic rings. The van der Waals surface area contributed by atoms with E-state index in [9.17, 15) is 9.90 Å². The molecule has 17 heavy (non-hydrogen) atoms. The van der Waals surface area contributed by atoms with Crippen LogP contribution < -0.4 is 9.47 Å². The van der Waals surface area contributed by atoms with E-state index in [4.69, 9.17) is 9.47 Å². The molecule has 0 bridgehead atoms. The Labute approximate surface area is 99.4 Å². The Morgan fingerprint density at radius 1 is 1.41 bits per heavy atom. The van der Waals surface area contributed by atoms with Gasteiger partial charge in [-0.1, -0.05) is 0 Å². The van der Waals surface area contributed by atoms with Gasteiger partial charge in [0.15, 0.2) is 11.5 Å². The van der Waals surface area contributed by atoms with Gasteiger partial charge in [0.2, 0.25) is 0 Å². The van der Waals surface area contributed by atoms with Crippen LogP contribution in [0, 0.1) is 0 Å². The second-order valence-corrected chi connectivity index (χ2v) is 4.30. The van der Waals surface area contributed by atoms with E-state index in [0.717, 1.165) is 12.8 Å². The summed E-state index contributed by atoms with van der Waals surface area (Å²) < 4.78 is 10.9. The van der Waals surface area contributed by atoms with Crippen molar-refractivity contribution in [3.8, 4) is 11.5 Å². The van der Waals surface area contributed by atoms with Gasteiger partial charge in [0.05, 0.1) is 24.6 Å². The molecule has 1 heterocycles. The third-order valence-electron chi connectivity index (χ3n) is 2.27. The lowest BCUT2D eigenvalue weighted by atomic mass is 10.2. The molecule has 1 aromatic rings. The highest BCUT2D eigenvalue weighted by Gasteiger charge is 2.27. The number of aromatic carboxylic acids is 1. The SMILES string of the molecule is CC(C)Oc1cncc(OC2CC2)c1C(=O)O. The van der Waals surface area contributed by atoms with Crippen LogP contribution in [0.1, 0.15) is 37.0 Å². The average Bonchev–Trinajstić information content (AvgIpc) is 3.00. The van der Waals surface area contributed by atoms with Gasteiger partial charge < -0.3 is 14.6 Å². The maximum Gasteiger partial charge on any atom is 0.343 e. The minimum atomic E-state index is -1.06. The monoisotopic (exact) mass is 237 g/mol. The van der Waals surface area contributed by atoms with Gasteiger partial charge in [0, 0.05) is 0 Å². The number of carboxylic acids is 1. The van der Waals surface area contributed by atoms with Crippen molar-refractivity contribution in [1.29, 1.82) is 0 Å². The first-order valence-corrected chi connectivity index (χ1v) is 5.62. The standard InChI is InChI=1S/C12H15NO4/c1-7(2)16-9-5-13-6-10(11(9)12(14)15)17-8-3-4-8/h5-8H,3-4H2,1-2H3,(H,14,15). The topological polar surface area (TPSA) is 68.7 Å². The summed E-state index contributed by atoms with van der Waals surface area (Å²) in [6.45, 7) is 3.67. The molecule has 0 atom stereocenters. The average molecular weight is 237 g/mol. The van der Waals surface area contributed by atoms with Crippen LogP contribution in [0.25, 0.3) is 0 Å². The van der Waals surface area contributed by atoms with E-state index in [1.54, 1.807) is 0 Å². The normalized spacial score (nSPS) is 14.8. The fourth-order valence-electron chi connectivity index (χ4n) is 1.43. The fourth-order valence-corrected chi connectivity index (χ4v) is 1.43. The second kappa shape index (κ2) is 4.61. The summed E-state index contributed by atoms with van der Waals surface area (Å²) in [5.41, 5.74) is 0.0561. The van der Waals surface area contributed by atoms with E-state index in [1.807, 2.05) is 13.8 Å². The first-order chi connectivity index (χ1) is 8.08. The van der Waals surface area contributed by atoms with Crippen molar-refractivity contribution in [2.75, 3.05) is 0 Å². The zero-order valence-electron chi connectivity index (χ0n) is 9.84. The van der Waals surface area contributed by atoms with Crippen molar-refractivity contribution < 1.29 is 19.4 Å². The fraction of sp³-hybridized carbons (Fsp3) is 0.500. The van der Waals surface area contributed by atoms with E-state index in [-0.39, 0.29) is 29.3 Å². The molecular formula is C12H15NO4. The van der Waals surface area contributed by atoms with Crippen molar-refractivity contribution >= 4 is 5.97 Å². The molecule has 1 fully saturated rings. The van der Waals surface area contributed by atoms with Crippen molar-refractivity contribution in [2.45, 2.75) is 38.9 Å². The highest BCUT2D eigenvalue weighted by atomic mass is 16.5. The van der Waals surface area contributed by atoms with E-state index in [2.05, 4.69) is 4.98 Å². The van der Waals surface area contributed by atoms with Gasteiger partial charge in [-0.15, -0.1) is 0 Å². The number of carboxylic acid groups (broad SMARTS) is 1. The van der Waals surface area contributed by atoms with Gasteiger partial charge in [-0.3, -0.25) is 4.98 Å². The molecule has 0 unspecified atom stereocenters. The number of hydrogen-bond donors (Lipinski definition) is 1. The predicted molar refractivity (Wildman–Crippen MR) is 60.6 cm³/mol. The van der Waals surface area contributed by atoms with Crippen molar-refractivity contribution in [1.82, 2.24) is 4.98 Å². The van der Waals surface area contributed by atoms with Crippen LogP contribution in [-0.4, -0.2) is 28.3 Å². The molecule has 0 aromatic carbocycles. The first-order valence-electron chi connectivity index (χ1n) is 5.62. The molecule has 0 saturated heterocycles. The molecule has 92 valence electrons. The molecule has 0 aliphatic heterocycles. The Morgan fingerprint density at radius 3 is 2.59 bits per heavy atom. The molecule has 1 saturated carbocycles. The Hall–Kier alpha value is -1.78. The van der Waals surface area contributed by atoms with Crippen LogP contribution in [0.15, 0.2) is 12.4 Å². The molecule has 1 aromatic heterocycles. The Balaban J connectivity index is 2.32. The van der Waals surface area contributed by atoms with E-state index in [1.165, 1.54) is 12.4 Å². The second-order valence-electron chi connectivity index (χ2n) is 4.30. The molecule has 2 rings (SSSR count). The third kappa shape index (κ3) is 2.87. The number of aromatic nitrogens is 1. The van der Waals surface area contributed by atoms with Gasteiger partial charge in [0.1, 0.15) is 5.56 Å². The minimum Gasteiger partial charge on any atom is -0.488 e. The van der Waals surface area contributed by atoms with Crippen molar-refractivity contribution in [2.24, 2.45) is 0 Å². The quantitative estimate of drug-likeness (QED) is 0.849. The molecule has 5 heteroatoms. The van der Waals surface area contributed by atoms with Crippen LogP contribution >= 0.6 is 0 Å². The van der Waals surface area contributed by atoms with E-state index >= 15 is 0 Å². The maximum atomic E-state index is 11.2. The summed E-state index contributed by atoms with van der Waals surface area (Å²) in [6.07, 6.45) is 4.79. The number of pyridine rings is 1. The summed E-state index contributed by atoms with van der Waals surface area (Å²) >= 11 is 0. The highest BCUT2D eigenvalue weighted by molar-refractivity contribution is 5.93. The predicted octanol–water partition coefficient (Wildman–Crippen LogP) is 2.11. The molecule has 0 radical (unpaired) electrons. The van der Waals surface area contributed by atoms with Crippen LogP contribution in [0.2, 0.25) is 0 Å². The highest BCUT2D eigenvalue weighted by Crippen LogP contribution is 2.33. The summed E-state index contributed by atoms with van der Waals surface area (Å²) in [5, 5.41) is 9.20. The Bertz CT molecular complexity index is 404. The lowest BCUT2D eigenvalue weighted by Crippen LogP contribution is -2.12. The Kier molecular flexibility index (Phi) is 3.17. The van der Waals surface area contributed by atoms with Gasteiger partial charge in [-0.05, 0) is 26.7 Å². The summed E-state index contributed by atoms with van der Waals surface area (Å²) in [6, 6.07) is 0. The van der Waals surface area contributed by atoms with Crippen LogP contribution in [0.4, 0.5) is 0 Å². The zero-order valence-corrected chi connectivity index (χ0v) is 9.84. The lowest BCUT2D eigenvalue weighted by Gasteiger charge is -2.14. The largest absolute Gasteiger partial charge is 0.488 e. The van der Waals surface area contributed by atoms with E-state index in [0.29, 0.717) is 0 Å². The summed E-state index contributed by atoms with van der Waals surface area (Å²) in [4.78, 5) is 15.2. The number of ether oxygens (including phenoxy) is 2. The molecule has 0 spiro atoms. The maximum absolute atomic E-state index is 11.2. The van der Waals surface area contributed by atoms with Crippen LogP contribution in [0.3, 0.4) is 0 Å².